The Balaban J connectivity index is 0. The molecule has 0 aromatic rings. The lowest BCUT2D eigenvalue weighted by Gasteiger charge is -2.06. The number of unbranched alkanes of at least 4 members (excludes halogenated alkanes) is 3. The van der Waals surface area contributed by atoms with E-state index in [0.717, 1.165) is 56.9 Å². The lowest BCUT2D eigenvalue weighted by molar-refractivity contribution is 0.179. The van der Waals surface area contributed by atoms with E-state index in [2.05, 4.69) is 13.0 Å². The molecule has 0 saturated heterocycles. The van der Waals surface area contributed by atoms with Crippen LogP contribution in [0, 0.1) is 5.92 Å². The summed E-state index contributed by atoms with van der Waals surface area (Å²) in [6.45, 7) is 6.62. The van der Waals surface area contributed by atoms with Crippen molar-refractivity contribution in [2.75, 3.05) is 19.8 Å². The fraction of sp³-hybridized carbons (Fsp3) is 0.889. The standard InChI is InChI=1S/C10H20O2.C8H18O2/c1-9(6-7-11)4-3-5-10(2)8-12;1-8(10)6-4-2-3-5-7-9/h5,9,11-12H,3-4,6-8H2,1-2H3;8-10H,2-7H2,1H3/b10-5-;. The van der Waals surface area contributed by atoms with Gasteiger partial charge in [0.15, 0.2) is 0 Å². The van der Waals surface area contributed by atoms with Gasteiger partial charge in [-0.1, -0.05) is 37.8 Å². The topological polar surface area (TPSA) is 80.9 Å². The van der Waals surface area contributed by atoms with E-state index >= 15 is 0 Å². The highest BCUT2D eigenvalue weighted by Crippen LogP contribution is 2.10. The Bertz CT molecular complexity index is 239. The van der Waals surface area contributed by atoms with Crippen LogP contribution in [0.25, 0.3) is 0 Å². The summed E-state index contributed by atoms with van der Waals surface area (Å²) in [5.41, 5.74) is 1.03. The molecule has 0 aromatic heterocycles. The number of rotatable bonds is 12. The van der Waals surface area contributed by atoms with E-state index in [9.17, 15) is 0 Å². The average molecular weight is 318 g/mol. The van der Waals surface area contributed by atoms with E-state index in [1.165, 1.54) is 0 Å². The summed E-state index contributed by atoms with van der Waals surface area (Å²) in [7, 11) is 0. The fourth-order valence-electron chi connectivity index (χ4n) is 1.95. The molecular formula is C18H38O4. The summed E-state index contributed by atoms with van der Waals surface area (Å²) < 4.78 is 0. The van der Waals surface area contributed by atoms with Gasteiger partial charge in [-0.05, 0) is 51.9 Å². The molecule has 2 unspecified atom stereocenters. The first kappa shape index (κ1) is 23.8. The van der Waals surface area contributed by atoms with Crippen molar-refractivity contribution in [3.05, 3.63) is 11.6 Å². The van der Waals surface area contributed by atoms with E-state index in [0.29, 0.717) is 12.5 Å². The van der Waals surface area contributed by atoms with Crippen molar-refractivity contribution in [3.63, 3.8) is 0 Å². The highest BCUT2D eigenvalue weighted by atomic mass is 16.3. The third-order valence-electron chi connectivity index (χ3n) is 3.55. The Morgan fingerprint density at radius 3 is 2.00 bits per heavy atom. The monoisotopic (exact) mass is 318 g/mol. The summed E-state index contributed by atoms with van der Waals surface area (Å²) in [4.78, 5) is 0. The van der Waals surface area contributed by atoms with Crippen LogP contribution in [-0.4, -0.2) is 46.4 Å². The number of hydrogen-bond donors (Lipinski definition) is 4. The molecule has 4 heteroatoms. The Kier molecular flexibility index (Phi) is 20.2. The zero-order valence-corrected chi connectivity index (χ0v) is 14.8. The van der Waals surface area contributed by atoms with Crippen LogP contribution < -0.4 is 0 Å². The Morgan fingerprint density at radius 1 is 0.864 bits per heavy atom. The molecule has 0 aromatic carbocycles. The van der Waals surface area contributed by atoms with Crippen molar-refractivity contribution in [1.29, 1.82) is 0 Å². The Hall–Kier alpha value is -0.420. The lowest BCUT2D eigenvalue weighted by atomic mass is 10.0. The van der Waals surface area contributed by atoms with Gasteiger partial charge in [0.05, 0.1) is 12.7 Å². The number of aliphatic hydroxyl groups excluding tert-OH is 4. The first-order valence-electron chi connectivity index (χ1n) is 8.64. The van der Waals surface area contributed by atoms with E-state index in [-0.39, 0.29) is 19.3 Å². The van der Waals surface area contributed by atoms with Gasteiger partial charge >= 0.3 is 0 Å². The second-order valence-electron chi connectivity index (χ2n) is 6.18. The van der Waals surface area contributed by atoms with Crippen LogP contribution in [0.5, 0.6) is 0 Å². The Morgan fingerprint density at radius 2 is 1.50 bits per heavy atom. The molecule has 2 atom stereocenters. The fourth-order valence-corrected chi connectivity index (χ4v) is 1.95. The van der Waals surface area contributed by atoms with Gasteiger partial charge in [-0.25, -0.2) is 0 Å². The average Bonchev–Trinajstić information content (AvgIpc) is 2.47. The minimum absolute atomic E-state index is 0.158. The highest BCUT2D eigenvalue weighted by Gasteiger charge is 1.98. The number of hydrogen-bond acceptors (Lipinski definition) is 4. The largest absolute Gasteiger partial charge is 0.396 e. The van der Waals surface area contributed by atoms with Gasteiger partial charge in [0.2, 0.25) is 0 Å². The molecule has 4 N–H and O–H groups in total. The third-order valence-corrected chi connectivity index (χ3v) is 3.55. The van der Waals surface area contributed by atoms with Crippen LogP contribution in [0.3, 0.4) is 0 Å². The summed E-state index contributed by atoms with van der Waals surface area (Å²) in [6.07, 6.45) is 9.98. The van der Waals surface area contributed by atoms with Gasteiger partial charge in [0.1, 0.15) is 0 Å². The van der Waals surface area contributed by atoms with Crippen molar-refractivity contribution in [2.45, 2.75) is 78.2 Å². The number of aliphatic hydroxyl groups is 4. The van der Waals surface area contributed by atoms with Gasteiger partial charge in [-0.15, -0.1) is 0 Å². The molecule has 0 spiro atoms. The van der Waals surface area contributed by atoms with Gasteiger partial charge < -0.3 is 20.4 Å². The van der Waals surface area contributed by atoms with Crippen LogP contribution in [0.4, 0.5) is 0 Å². The first-order valence-corrected chi connectivity index (χ1v) is 8.64. The van der Waals surface area contributed by atoms with Crippen LogP contribution in [0.15, 0.2) is 11.6 Å². The summed E-state index contributed by atoms with van der Waals surface area (Å²) in [6, 6.07) is 0. The summed E-state index contributed by atoms with van der Waals surface area (Å²) in [5, 5.41) is 34.6. The molecule has 0 aliphatic heterocycles. The van der Waals surface area contributed by atoms with E-state index < -0.39 is 0 Å². The van der Waals surface area contributed by atoms with Gasteiger partial charge in [-0.2, -0.15) is 0 Å². The molecular weight excluding hydrogens is 280 g/mol. The molecule has 0 amide bonds. The molecule has 0 aliphatic rings. The maximum absolute atomic E-state index is 8.86. The van der Waals surface area contributed by atoms with Crippen molar-refractivity contribution in [1.82, 2.24) is 0 Å². The minimum Gasteiger partial charge on any atom is -0.396 e. The predicted octanol–water partition coefficient (Wildman–Crippen LogP) is 3.03. The molecule has 0 aliphatic carbocycles. The van der Waals surface area contributed by atoms with Gasteiger partial charge in [-0.3, -0.25) is 0 Å². The molecule has 0 rings (SSSR count). The molecule has 0 bridgehead atoms. The SMILES string of the molecule is C/C(=C/CCC(C)CCO)CO.CC(O)CCCCCCO. The minimum atomic E-state index is -0.158. The maximum atomic E-state index is 8.86. The number of allylic oxidation sites excluding steroid dienone is 1. The summed E-state index contributed by atoms with van der Waals surface area (Å²) in [5.74, 6) is 0.581. The van der Waals surface area contributed by atoms with Crippen LogP contribution in [-0.2, 0) is 0 Å². The smallest absolute Gasteiger partial charge is 0.0639 e. The quantitative estimate of drug-likeness (QED) is 0.329. The second-order valence-corrected chi connectivity index (χ2v) is 6.18. The Labute approximate surface area is 136 Å². The highest BCUT2D eigenvalue weighted by molar-refractivity contribution is 4.97. The van der Waals surface area contributed by atoms with Crippen molar-refractivity contribution in [3.8, 4) is 0 Å². The van der Waals surface area contributed by atoms with Gasteiger partial charge in [0.25, 0.3) is 0 Å². The molecule has 4 nitrogen and oxygen atoms in total. The predicted molar refractivity (Wildman–Crippen MR) is 92.8 cm³/mol. The van der Waals surface area contributed by atoms with Crippen LogP contribution in [0.1, 0.15) is 72.1 Å². The van der Waals surface area contributed by atoms with Gasteiger partial charge in [0, 0.05) is 13.2 Å². The zero-order chi connectivity index (χ0) is 17.2. The molecule has 22 heavy (non-hydrogen) atoms. The van der Waals surface area contributed by atoms with Crippen molar-refractivity contribution in [2.24, 2.45) is 5.92 Å². The zero-order valence-electron chi connectivity index (χ0n) is 14.8. The van der Waals surface area contributed by atoms with E-state index in [1.807, 2.05) is 13.8 Å². The molecule has 0 radical (unpaired) electrons. The van der Waals surface area contributed by atoms with E-state index in [4.69, 9.17) is 20.4 Å². The molecule has 0 saturated carbocycles. The van der Waals surface area contributed by atoms with E-state index in [1.54, 1.807) is 0 Å². The second kappa shape index (κ2) is 18.6. The molecule has 134 valence electrons. The summed E-state index contributed by atoms with van der Waals surface area (Å²) >= 11 is 0. The lowest BCUT2D eigenvalue weighted by Crippen LogP contribution is -1.98. The molecule has 0 fully saturated rings. The van der Waals surface area contributed by atoms with Crippen LogP contribution >= 0.6 is 0 Å². The maximum Gasteiger partial charge on any atom is 0.0639 e. The third kappa shape index (κ3) is 21.9. The first-order chi connectivity index (χ1) is 10.5. The molecule has 0 heterocycles. The van der Waals surface area contributed by atoms with Crippen molar-refractivity contribution < 1.29 is 20.4 Å². The van der Waals surface area contributed by atoms with Crippen LogP contribution in [0.2, 0.25) is 0 Å². The normalized spacial score (nSPS) is 14.2. The van der Waals surface area contributed by atoms with Crippen molar-refractivity contribution >= 4 is 0 Å².